The van der Waals surface area contributed by atoms with Crippen LogP contribution in [0.2, 0.25) is 0 Å². The molecule has 0 saturated carbocycles. The largest absolute Gasteiger partial charge is 0.484 e. The van der Waals surface area contributed by atoms with Crippen LogP contribution in [0.25, 0.3) is 0 Å². The minimum atomic E-state index is -0.916. The van der Waals surface area contributed by atoms with Crippen LogP contribution in [-0.2, 0) is 16.0 Å². The number of hydrogen-bond acceptors (Lipinski definition) is 3. The Morgan fingerprint density at radius 1 is 1.30 bits per heavy atom. The molecule has 1 aromatic rings. The fourth-order valence-electron chi connectivity index (χ4n) is 1.67. The summed E-state index contributed by atoms with van der Waals surface area (Å²) in [4.78, 5) is 23.9. The lowest BCUT2D eigenvalue weighted by molar-refractivity contribution is -0.143. The number of carbonyl (C=O) groups is 2. The van der Waals surface area contributed by atoms with Crippen molar-refractivity contribution in [3.63, 3.8) is 0 Å². The van der Waals surface area contributed by atoms with Crippen molar-refractivity contribution in [1.29, 1.82) is 0 Å². The van der Waals surface area contributed by atoms with Crippen molar-refractivity contribution < 1.29 is 19.4 Å². The van der Waals surface area contributed by atoms with E-state index in [9.17, 15) is 9.59 Å². The van der Waals surface area contributed by atoms with Gasteiger partial charge >= 0.3 is 5.97 Å². The number of carboxylic acid groups (broad SMARTS) is 1. The molecule has 0 aliphatic carbocycles. The number of amides is 1. The minimum Gasteiger partial charge on any atom is -0.484 e. The van der Waals surface area contributed by atoms with E-state index in [1.54, 1.807) is 14.0 Å². The highest BCUT2D eigenvalue weighted by Crippen LogP contribution is 2.12. The molecular formula is C15H21NO4. The van der Waals surface area contributed by atoms with Crippen LogP contribution in [0.15, 0.2) is 24.3 Å². The van der Waals surface area contributed by atoms with Crippen LogP contribution in [-0.4, -0.2) is 42.1 Å². The SMILES string of the molecule is CCc1ccc(OCC(=O)N(C)CC(C)C(=O)O)cc1. The summed E-state index contributed by atoms with van der Waals surface area (Å²) in [5, 5.41) is 8.80. The monoisotopic (exact) mass is 279 g/mol. The van der Waals surface area contributed by atoms with Crippen LogP contribution in [0.3, 0.4) is 0 Å². The van der Waals surface area contributed by atoms with Gasteiger partial charge in [0.1, 0.15) is 5.75 Å². The summed E-state index contributed by atoms with van der Waals surface area (Å²) in [6, 6.07) is 7.56. The van der Waals surface area contributed by atoms with Crippen molar-refractivity contribution in [2.45, 2.75) is 20.3 Å². The summed E-state index contributed by atoms with van der Waals surface area (Å²) in [6.07, 6.45) is 0.953. The molecule has 0 heterocycles. The van der Waals surface area contributed by atoms with Crippen LogP contribution < -0.4 is 4.74 Å². The second-order valence-electron chi connectivity index (χ2n) is 4.80. The van der Waals surface area contributed by atoms with Crippen LogP contribution in [0.1, 0.15) is 19.4 Å². The number of ether oxygens (including phenoxy) is 1. The molecule has 0 spiro atoms. The molecule has 0 aliphatic heterocycles. The number of aliphatic carboxylic acids is 1. The number of aryl methyl sites for hydroxylation is 1. The molecule has 1 aromatic carbocycles. The summed E-state index contributed by atoms with van der Waals surface area (Å²) < 4.78 is 5.39. The first kappa shape index (κ1) is 16.0. The first-order valence-electron chi connectivity index (χ1n) is 6.62. The Hall–Kier alpha value is -2.04. The maximum Gasteiger partial charge on any atom is 0.308 e. The van der Waals surface area contributed by atoms with Gasteiger partial charge in [-0.15, -0.1) is 0 Å². The minimum absolute atomic E-state index is 0.0890. The van der Waals surface area contributed by atoms with Crippen molar-refractivity contribution in [1.82, 2.24) is 4.90 Å². The molecule has 0 saturated heterocycles. The number of rotatable bonds is 7. The number of carbonyl (C=O) groups excluding carboxylic acids is 1. The fraction of sp³-hybridized carbons (Fsp3) is 0.467. The van der Waals surface area contributed by atoms with E-state index in [1.807, 2.05) is 24.3 Å². The fourth-order valence-corrected chi connectivity index (χ4v) is 1.67. The molecule has 0 aromatic heterocycles. The molecule has 0 bridgehead atoms. The lowest BCUT2D eigenvalue weighted by Crippen LogP contribution is -2.36. The highest BCUT2D eigenvalue weighted by Gasteiger charge is 2.17. The van der Waals surface area contributed by atoms with E-state index in [0.717, 1.165) is 6.42 Å². The molecule has 0 radical (unpaired) electrons. The van der Waals surface area contributed by atoms with Crippen molar-refractivity contribution in [3.8, 4) is 5.75 Å². The quantitative estimate of drug-likeness (QED) is 0.826. The predicted molar refractivity (Wildman–Crippen MR) is 75.8 cm³/mol. The van der Waals surface area contributed by atoms with Gasteiger partial charge in [0.05, 0.1) is 5.92 Å². The third-order valence-corrected chi connectivity index (χ3v) is 3.09. The van der Waals surface area contributed by atoms with Crippen molar-refractivity contribution in [2.24, 2.45) is 5.92 Å². The number of hydrogen-bond donors (Lipinski definition) is 1. The maximum absolute atomic E-state index is 11.8. The molecule has 5 nitrogen and oxygen atoms in total. The Balaban J connectivity index is 2.43. The zero-order valence-electron chi connectivity index (χ0n) is 12.1. The molecule has 110 valence electrons. The van der Waals surface area contributed by atoms with Gasteiger partial charge in [0, 0.05) is 13.6 Å². The zero-order chi connectivity index (χ0) is 15.1. The zero-order valence-corrected chi connectivity index (χ0v) is 12.1. The van der Waals surface area contributed by atoms with Crippen LogP contribution in [0.4, 0.5) is 0 Å². The van der Waals surface area contributed by atoms with Crippen molar-refractivity contribution >= 4 is 11.9 Å². The van der Waals surface area contributed by atoms with E-state index < -0.39 is 11.9 Å². The highest BCUT2D eigenvalue weighted by molar-refractivity contribution is 5.78. The predicted octanol–water partition coefficient (Wildman–Crippen LogP) is 1.81. The van der Waals surface area contributed by atoms with Crippen LogP contribution in [0, 0.1) is 5.92 Å². The van der Waals surface area contributed by atoms with Gasteiger partial charge in [0.2, 0.25) is 0 Å². The third-order valence-electron chi connectivity index (χ3n) is 3.09. The Bertz CT molecular complexity index is 455. The molecule has 0 aliphatic rings. The number of carboxylic acids is 1. The van der Waals surface area contributed by atoms with E-state index >= 15 is 0 Å². The Morgan fingerprint density at radius 3 is 2.40 bits per heavy atom. The van der Waals surface area contributed by atoms with E-state index in [4.69, 9.17) is 9.84 Å². The highest BCUT2D eigenvalue weighted by atomic mass is 16.5. The number of benzene rings is 1. The summed E-state index contributed by atoms with van der Waals surface area (Å²) in [6.45, 7) is 3.72. The topological polar surface area (TPSA) is 66.8 Å². The summed E-state index contributed by atoms with van der Waals surface area (Å²) in [7, 11) is 1.57. The molecule has 1 amide bonds. The van der Waals surface area contributed by atoms with Gasteiger partial charge in [-0.1, -0.05) is 26.0 Å². The molecule has 1 N–H and O–H groups in total. The van der Waals surface area contributed by atoms with Gasteiger partial charge in [0.15, 0.2) is 6.61 Å². The standard InChI is InChI=1S/C15H21NO4/c1-4-12-5-7-13(8-6-12)20-10-14(17)16(3)9-11(2)15(18)19/h5-8,11H,4,9-10H2,1-3H3,(H,18,19). The summed E-state index contributed by atoms with van der Waals surface area (Å²) in [5.74, 6) is -1.11. The van der Waals surface area contributed by atoms with Crippen LogP contribution >= 0.6 is 0 Å². The van der Waals surface area contributed by atoms with Gasteiger partial charge in [-0.25, -0.2) is 0 Å². The van der Waals surface area contributed by atoms with E-state index in [0.29, 0.717) is 5.75 Å². The molecule has 1 unspecified atom stereocenters. The molecule has 0 fully saturated rings. The van der Waals surface area contributed by atoms with Crippen LogP contribution in [0.5, 0.6) is 5.75 Å². The molecule has 1 rings (SSSR count). The Kier molecular flexibility index (Phi) is 6.03. The van der Waals surface area contributed by atoms with E-state index in [-0.39, 0.29) is 19.1 Å². The molecule has 20 heavy (non-hydrogen) atoms. The van der Waals surface area contributed by atoms with Gasteiger partial charge in [0.25, 0.3) is 5.91 Å². The average Bonchev–Trinajstić information content (AvgIpc) is 2.44. The molecular weight excluding hydrogens is 258 g/mol. The summed E-state index contributed by atoms with van der Waals surface area (Å²) >= 11 is 0. The van der Waals surface area contributed by atoms with Gasteiger partial charge in [-0.2, -0.15) is 0 Å². The first-order chi connectivity index (χ1) is 9.43. The lowest BCUT2D eigenvalue weighted by atomic mass is 10.2. The van der Waals surface area contributed by atoms with Crippen molar-refractivity contribution in [2.75, 3.05) is 20.2 Å². The third kappa shape index (κ3) is 4.91. The molecule has 5 heteroatoms. The molecule has 1 atom stereocenters. The smallest absolute Gasteiger partial charge is 0.308 e. The van der Waals surface area contributed by atoms with E-state index in [1.165, 1.54) is 10.5 Å². The Morgan fingerprint density at radius 2 is 1.90 bits per heavy atom. The number of likely N-dealkylation sites (N-methyl/N-ethyl adjacent to an activating group) is 1. The second kappa shape index (κ2) is 7.53. The summed E-state index contributed by atoms with van der Waals surface area (Å²) in [5.41, 5.74) is 1.20. The lowest BCUT2D eigenvalue weighted by Gasteiger charge is -2.19. The first-order valence-corrected chi connectivity index (χ1v) is 6.62. The normalized spacial score (nSPS) is 11.8. The maximum atomic E-state index is 11.8. The number of nitrogens with zero attached hydrogens (tertiary/aromatic N) is 1. The second-order valence-corrected chi connectivity index (χ2v) is 4.80. The van der Waals surface area contributed by atoms with Gasteiger partial charge < -0.3 is 14.7 Å². The van der Waals surface area contributed by atoms with Crippen molar-refractivity contribution in [3.05, 3.63) is 29.8 Å². The van der Waals surface area contributed by atoms with Gasteiger partial charge in [-0.05, 0) is 24.1 Å². The van der Waals surface area contributed by atoms with E-state index in [2.05, 4.69) is 6.92 Å². The van der Waals surface area contributed by atoms with Gasteiger partial charge in [-0.3, -0.25) is 9.59 Å². The Labute approximate surface area is 119 Å². The average molecular weight is 279 g/mol.